The SMILES string of the molecule is Cc1cc(C)cc(Cc2ncc(C(=O)O)c(C3CC3)n2)c1. The molecular formula is C17H18N2O2. The van der Waals surface area contributed by atoms with Gasteiger partial charge in [-0.25, -0.2) is 14.8 Å². The third kappa shape index (κ3) is 3.10. The number of nitrogens with zero attached hydrogens (tertiary/aromatic N) is 2. The summed E-state index contributed by atoms with van der Waals surface area (Å²) in [6.07, 6.45) is 4.16. The standard InChI is InChI=1S/C17H18N2O2/c1-10-5-11(2)7-12(6-10)8-15-18-9-14(17(20)21)16(19-15)13-3-4-13/h5-7,9,13H,3-4,8H2,1-2H3,(H,20,21). The highest BCUT2D eigenvalue weighted by molar-refractivity contribution is 5.88. The molecule has 1 aromatic heterocycles. The third-order valence-corrected chi connectivity index (χ3v) is 3.71. The molecule has 1 N–H and O–H groups in total. The molecule has 0 radical (unpaired) electrons. The Morgan fingerprint density at radius 2 is 1.90 bits per heavy atom. The Morgan fingerprint density at radius 3 is 2.48 bits per heavy atom. The largest absolute Gasteiger partial charge is 0.478 e. The van der Waals surface area contributed by atoms with Gasteiger partial charge in [-0.1, -0.05) is 29.3 Å². The van der Waals surface area contributed by atoms with Crippen molar-refractivity contribution in [3.05, 3.63) is 58.2 Å². The molecule has 1 saturated carbocycles. The lowest BCUT2D eigenvalue weighted by Gasteiger charge is -2.08. The van der Waals surface area contributed by atoms with Crippen LogP contribution in [0.15, 0.2) is 24.4 Å². The smallest absolute Gasteiger partial charge is 0.339 e. The molecule has 0 saturated heterocycles. The van der Waals surface area contributed by atoms with E-state index in [0.717, 1.165) is 18.4 Å². The average molecular weight is 282 g/mol. The summed E-state index contributed by atoms with van der Waals surface area (Å²) >= 11 is 0. The summed E-state index contributed by atoms with van der Waals surface area (Å²) in [7, 11) is 0. The highest BCUT2D eigenvalue weighted by Crippen LogP contribution is 2.40. The Kier molecular flexibility index (Phi) is 3.45. The Bertz CT molecular complexity index is 686. The van der Waals surface area contributed by atoms with Crippen LogP contribution < -0.4 is 0 Å². The summed E-state index contributed by atoms with van der Waals surface area (Å²) in [5.74, 6) is 0.0684. The van der Waals surface area contributed by atoms with Crippen molar-refractivity contribution in [2.24, 2.45) is 0 Å². The first-order chi connectivity index (χ1) is 10.0. The number of benzene rings is 1. The van der Waals surface area contributed by atoms with Crippen molar-refractivity contribution in [3.8, 4) is 0 Å². The first-order valence-corrected chi connectivity index (χ1v) is 7.19. The van der Waals surface area contributed by atoms with E-state index in [2.05, 4.69) is 42.0 Å². The van der Waals surface area contributed by atoms with Crippen LogP contribution in [-0.4, -0.2) is 21.0 Å². The summed E-state index contributed by atoms with van der Waals surface area (Å²) in [6, 6.07) is 6.38. The summed E-state index contributed by atoms with van der Waals surface area (Å²) in [5.41, 5.74) is 4.56. The van der Waals surface area contributed by atoms with Crippen molar-refractivity contribution in [2.45, 2.75) is 39.0 Å². The molecule has 1 heterocycles. The van der Waals surface area contributed by atoms with Crippen LogP contribution in [0.5, 0.6) is 0 Å². The van der Waals surface area contributed by atoms with Crippen LogP contribution in [0.25, 0.3) is 0 Å². The molecule has 0 bridgehead atoms. The average Bonchev–Trinajstić information content (AvgIpc) is 3.21. The van der Waals surface area contributed by atoms with E-state index >= 15 is 0 Å². The number of carbonyl (C=O) groups is 1. The van der Waals surface area contributed by atoms with Crippen LogP contribution in [0, 0.1) is 13.8 Å². The quantitative estimate of drug-likeness (QED) is 0.935. The Labute approximate surface area is 123 Å². The van der Waals surface area contributed by atoms with E-state index in [-0.39, 0.29) is 5.56 Å². The number of carboxylic acid groups (broad SMARTS) is 1. The highest BCUT2D eigenvalue weighted by Gasteiger charge is 2.30. The molecule has 0 spiro atoms. The normalized spacial score (nSPS) is 14.2. The first-order valence-electron chi connectivity index (χ1n) is 7.19. The summed E-state index contributed by atoms with van der Waals surface area (Å²) < 4.78 is 0. The molecule has 0 unspecified atom stereocenters. The van der Waals surface area contributed by atoms with Gasteiger partial charge in [0.05, 0.1) is 11.3 Å². The van der Waals surface area contributed by atoms with Gasteiger partial charge in [0.2, 0.25) is 0 Å². The summed E-state index contributed by atoms with van der Waals surface area (Å²) in [5, 5.41) is 9.22. The van der Waals surface area contributed by atoms with E-state index in [0.29, 0.717) is 23.9 Å². The Morgan fingerprint density at radius 1 is 1.24 bits per heavy atom. The molecule has 4 nitrogen and oxygen atoms in total. The minimum absolute atomic E-state index is 0.252. The van der Waals surface area contributed by atoms with Crippen LogP contribution >= 0.6 is 0 Å². The fraction of sp³-hybridized carbons (Fsp3) is 0.353. The Hall–Kier alpha value is -2.23. The second-order valence-electron chi connectivity index (χ2n) is 5.84. The second kappa shape index (κ2) is 5.28. The zero-order valence-corrected chi connectivity index (χ0v) is 12.3. The van der Waals surface area contributed by atoms with Crippen molar-refractivity contribution < 1.29 is 9.90 Å². The molecule has 108 valence electrons. The van der Waals surface area contributed by atoms with E-state index in [1.54, 1.807) is 0 Å². The van der Waals surface area contributed by atoms with E-state index in [1.807, 2.05) is 0 Å². The van der Waals surface area contributed by atoms with Gasteiger partial charge in [-0.3, -0.25) is 0 Å². The molecule has 0 aliphatic heterocycles. The molecular weight excluding hydrogens is 264 g/mol. The van der Waals surface area contributed by atoms with Gasteiger partial charge in [0.25, 0.3) is 0 Å². The molecule has 1 aliphatic carbocycles. The molecule has 0 atom stereocenters. The third-order valence-electron chi connectivity index (χ3n) is 3.71. The fourth-order valence-corrected chi connectivity index (χ4v) is 2.70. The minimum Gasteiger partial charge on any atom is -0.478 e. The zero-order chi connectivity index (χ0) is 15.0. The van der Waals surface area contributed by atoms with Gasteiger partial charge in [-0.15, -0.1) is 0 Å². The van der Waals surface area contributed by atoms with Gasteiger partial charge in [-0.2, -0.15) is 0 Å². The predicted molar refractivity (Wildman–Crippen MR) is 79.7 cm³/mol. The van der Waals surface area contributed by atoms with Crippen LogP contribution in [0.1, 0.15) is 57.3 Å². The number of hydrogen-bond acceptors (Lipinski definition) is 3. The molecule has 3 rings (SSSR count). The monoisotopic (exact) mass is 282 g/mol. The maximum Gasteiger partial charge on any atom is 0.339 e. The maximum absolute atomic E-state index is 11.2. The van der Waals surface area contributed by atoms with Crippen molar-refractivity contribution in [1.29, 1.82) is 0 Å². The lowest BCUT2D eigenvalue weighted by Crippen LogP contribution is -2.08. The molecule has 1 aromatic carbocycles. The van der Waals surface area contributed by atoms with E-state index in [1.165, 1.54) is 17.3 Å². The van der Waals surface area contributed by atoms with Gasteiger partial charge < -0.3 is 5.11 Å². The lowest BCUT2D eigenvalue weighted by molar-refractivity contribution is 0.0694. The van der Waals surface area contributed by atoms with Crippen molar-refractivity contribution in [2.75, 3.05) is 0 Å². The topological polar surface area (TPSA) is 63.1 Å². The molecule has 1 aliphatic rings. The molecule has 21 heavy (non-hydrogen) atoms. The van der Waals surface area contributed by atoms with Crippen LogP contribution in [0.4, 0.5) is 0 Å². The van der Waals surface area contributed by atoms with Gasteiger partial charge >= 0.3 is 5.97 Å². The first kappa shape index (κ1) is 13.7. The number of rotatable bonds is 4. The number of aromatic carboxylic acids is 1. The number of hydrogen-bond donors (Lipinski definition) is 1. The maximum atomic E-state index is 11.2. The van der Waals surface area contributed by atoms with Gasteiger partial charge in [0.15, 0.2) is 0 Å². The van der Waals surface area contributed by atoms with E-state index < -0.39 is 5.97 Å². The Balaban J connectivity index is 1.92. The van der Waals surface area contributed by atoms with Crippen LogP contribution in [0.3, 0.4) is 0 Å². The minimum atomic E-state index is -0.935. The second-order valence-corrected chi connectivity index (χ2v) is 5.84. The van der Waals surface area contributed by atoms with Crippen molar-refractivity contribution in [1.82, 2.24) is 9.97 Å². The zero-order valence-electron chi connectivity index (χ0n) is 12.3. The van der Waals surface area contributed by atoms with E-state index in [4.69, 9.17) is 0 Å². The van der Waals surface area contributed by atoms with Crippen LogP contribution in [0.2, 0.25) is 0 Å². The molecule has 0 amide bonds. The fourth-order valence-electron chi connectivity index (χ4n) is 2.70. The van der Waals surface area contributed by atoms with Gasteiger partial charge in [0, 0.05) is 18.5 Å². The summed E-state index contributed by atoms with van der Waals surface area (Å²) in [4.78, 5) is 20.0. The molecule has 1 fully saturated rings. The highest BCUT2D eigenvalue weighted by atomic mass is 16.4. The van der Waals surface area contributed by atoms with Gasteiger partial charge in [0.1, 0.15) is 5.82 Å². The number of carboxylic acids is 1. The predicted octanol–water partition coefficient (Wildman–Crippen LogP) is 3.26. The lowest BCUT2D eigenvalue weighted by atomic mass is 10.0. The number of aryl methyl sites for hydroxylation is 2. The van der Waals surface area contributed by atoms with Gasteiger partial charge in [-0.05, 0) is 32.3 Å². The molecule has 4 heteroatoms. The van der Waals surface area contributed by atoms with Crippen LogP contribution in [-0.2, 0) is 6.42 Å². The molecule has 2 aromatic rings. The van der Waals surface area contributed by atoms with E-state index in [9.17, 15) is 9.90 Å². The summed E-state index contributed by atoms with van der Waals surface area (Å²) in [6.45, 7) is 4.14. The van der Waals surface area contributed by atoms with Crippen molar-refractivity contribution >= 4 is 5.97 Å². The number of aromatic nitrogens is 2. The van der Waals surface area contributed by atoms with Crippen molar-refractivity contribution in [3.63, 3.8) is 0 Å².